The van der Waals surface area contributed by atoms with Gasteiger partial charge in [0.1, 0.15) is 5.82 Å². The Morgan fingerprint density at radius 3 is 2.44 bits per heavy atom. The minimum atomic E-state index is -0.128. The number of hydrogen-bond acceptors (Lipinski definition) is 2. The fourth-order valence-electron chi connectivity index (χ4n) is 2.00. The van der Waals surface area contributed by atoms with Gasteiger partial charge in [-0.25, -0.2) is 4.39 Å². The fraction of sp³-hybridized carbons (Fsp3) is 0.600. The lowest BCUT2D eigenvalue weighted by Crippen LogP contribution is -2.30. The maximum Gasteiger partial charge on any atom is 0.126 e. The maximum absolute atomic E-state index is 13.8. The van der Waals surface area contributed by atoms with Crippen molar-refractivity contribution in [3.63, 3.8) is 0 Å². The van der Waals surface area contributed by atoms with Crippen LogP contribution in [0.25, 0.3) is 0 Å². The highest BCUT2D eigenvalue weighted by Gasteiger charge is 2.18. The van der Waals surface area contributed by atoms with Gasteiger partial charge in [0.25, 0.3) is 0 Å². The molecule has 3 heteroatoms. The molecule has 1 aromatic rings. The van der Waals surface area contributed by atoms with Crippen molar-refractivity contribution >= 4 is 0 Å². The number of rotatable bonds is 7. The third kappa shape index (κ3) is 4.75. The number of hydrogen-bond donors (Lipinski definition) is 1. The zero-order valence-corrected chi connectivity index (χ0v) is 11.7. The van der Waals surface area contributed by atoms with Crippen molar-refractivity contribution in [2.45, 2.75) is 45.3 Å². The van der Waals surface area contributed by atoms with Crippen LogP contribution in [0.1, 0.15) is 38.7 Å². The number of benzene rings is 1. The zero-order chi connectivity index (χ0) is 13.5. The SMILES string of the molecule is COC(C)CC(CNC(C)C)c1ccccc1F. The van der Waals surface area contributed by atoms with Gasteiger partial charge in [-0.15, -0.1) is 0 Å². The highest BCUT2D eigenvalue weighted by molar-refractivity contribution is 5.22. The molecule has 0 spiro atoms. The van der Waals surface area contributed by atoms with Crippen molar-refractivity contribution in [2.75, 3.05) is 13.7 Å². The van der Waals surface area contributed by atoms with Crippen LogP contribution in [-0.4, -0.2) is 25.8 Å². The summed E-state index contributed by atoms with van der Waals surface area (Å²) >= 11 is 0. The van der Waals surface area contributed by atoms with Gasteiger partial charge < -0.3 is 10.1 Å². The molecule has 1 N–H and O–H groups in total. The molecule has 0 bridgehead atoms. The largest absolute Gasteiger partial charge is 0.382 e. The standard InChI is InChI=1S/C15H24FNO/c1-11(2)17-10-13(9-12(3)18-4)14-7-5-6-8-15(14)16/h5-8,11-13,17H,9-10H2,1-4H3. The van der Waals surface area contributed by atoms with E-state index in [1.165, 1.54) is 6.07 Å². The van der Waals surface area contributed by atoms with E-state index in [0.29, 0.717) is 6.04 Å². The van der Waals surface area contributed by atoms with E-state index >= 15 is 0 Å². The van der Waals surface area contributed by atoms with Crippen LogP contribution in [0.5, 0.6) is 0 Å². The summed E-state index contributed by atoms with van der Waals surface area (Å²) in [4.78, 5) is 0. The summed E-state index contributed by atoms with van der Waals surface area (Å²) in [5.41, 5.74) is 0.773. The Morgan fingerprint density at radius 2 is 1.89 bits per heavy atom. The van der Waals surface area contributed by atoms with Gasteiger partial charge in [0.05, 0.1) is 6.10 Å². The Hall–Kier alpha value is -0.930. The molecular formula is C15H24FNO. The highest BCUT2D eigenvalue weighted by atomic mass is 19.1. The first-order valence-electron chi connectivity index (χ1n) is 6.55. The van der Waals surface area contributed by atoms with Crippen LogP contribution in [0, 0.1) is 5.82 Å². The van der Waals surface area contributed by atoms with Gasteiger partial charge in [-0.05, 0) is 25.0 Å². The second kappa shape index (κ2) is 7.49. The van der Waals surface area contributed by atoms with Crippen molar-refractivity contribution in [3.8, 4) is 0 Å². The van der Waals surface area contributed by atoms with E-state index in [1.54, 1.807) is 13.2 Å². The molecule has 2 atom stereocenters. The molecule has 0 aromatic heterocycles. The van der Waals surface area contributed by atoms with E-state index in [2.05, 4.69) is 19.2 Å². The average molecular weight is 253 g/mol. The first-order chi connectivity index (χ1) is 8.54. The fourth-order valence-corrected chi connectivity index (χ4v) is 2.00. The predicted molar refractivity (Wildman–Crippen MR) is 73.4 cm³/mol. The first kappa shape index (κ1) is 15.1. The molecule has 1 aromatic carbocycles. The summed E-state index contributed by atoms with van der Waals surface area (Å²) in [6.07, 6.45) is 0.945. The van der Waals surface area contributed by atoms with E-state index in [-0.39, 0.29) is 17.8 Å². The third-order valence-electron chi connectivity index (χ3n) is 3.14. The number of nitrogens with one attached hydrogen (secondary N) is 1. The normalized spacial score (nSPS) is 14.8. The van der Waals surface area contributed by atoms with E-state index in [4.69, 9.17) is 4.74 Å². The first-order valence-corrected chi connectivity index (χ1v) is 6.55. The van der Waals surface area contributed by atoms with Crippen LogP contribution < -0.4 is 5.32 Å². The van der Waals surface area contributed by atoms with E-state index in [0.717, 1.165) is 18.5 Å². The summed E-state index contributed by atoms with van der Waals surface area (Å²) < 4.78 is 19.1. The van der Waals surface area contributed by atoms with Crippen molar-refractivity contribution < 1.29 is 9.13 Å². The Morgan fingerprint density at radius 1 is 1.22 bits per heavy atom. The Kier molecular flexibility index (Phi) is 6.30. The molecule has 2 unspecified atom stereocenters. The van der Waals surface area contributed by atoms with Crippen LogP contribution in [0.3, 0.4) is 0 Å². The lowest BCUT2D eigenvalue weighted by Gasteiger charge is -2.23. The van der Waals surface area contributed by atoms with Crippen molar-refractivity contribution in [3.05, 3.63) is 35.6 Å². The van der Waals surface area contributed by atoms with Gasteiger partial charge >= 0.3 is 0 Å². The topological polar surface area (TPSA) is 21.3 Å². The second-order valence-electron chi connectivity index (χ2n) is 5.06. The number of methoxy groups -OCH3 is 1. The Bertz CT molecular complexity index is 354. The minimum Gasteiger partial charge on any atom is -0.382 e. The summed E-state index contributed by atoms with van der Waals surface area (Å²) in [6.45, 7) is 6.98. The van der Waals surface area contributed by atoms with Crippen LogP contribution in [0.15, 0.2) is 24.3 Å². The van der Waals surface area contributed by atoms with Crippen molar-refractivity contribution in [2.24, 2.45) is 0 Å². The average Bonchev–Trinajstić information content (AvgIpc) is 2.34. The molecular weight excluding hydrogens is 229 g/mol. The van der Waals surface area contributed by atoms with Crippen LogP contribution >= 0.6 is 0 Å². The Balaban J connectivity index is 2.79. The van der Waals surface area contributed by atoms with Gasteiger partial charge in [0, 0.05) is 25.6 Å². The quantitative estimate of drug-likeness (QED) is 0.804. The molecule has 0 aliphatic rings. The van der Waals surface area contributed by atoms with Crippen LogP contribution in [0.2, 0.25) is 0 Å². The molecule has 0 radical (unpaired) electrons. The van der Waals surface area contributed by atoms with Crippen molar-refractivity contribution in [1.29, 1.82) is 0 Å². The molecule has 0 saturated heterocycles. The van der Waals surface area contributed by atoms with Gasteiger partial charge in [0.15, 0.2) is 0 Å². The molecule has 0 aliphatic carbocycles. The van der Waals surface area contributed by atoms with Gasteiger partial charge in [-0.2, -0.15) is 0 Å². The van der Waals surface area contributed by atoms with Crippen molar-refractivity contribution in [1.82, 2.24) is 5.32 Å². The second-order valence-corrected chi connectivity index (χ2v) is 5.06. The van der Waals surface area contributed by atoms with Crippen LogP contribution in [-0.2, 0) is 4.74 Å². The molecule has 0 aliphatic heterocycles. The van der Waals surface area contributed by atoms with Crippen LogP contribution in [0.4, 0.5) is 4.39 Å². The smallest absolute Gasteiger partial charge is 0.126 e. The summed E-state index contributed by atoms with van der Waals surface area (Å²) in [5.74, 6) is 0.0138. The van der Waals surface area contributed by atoms with E-state index in [9.17, 15) is 4.39 Å². The predicted octanol–water partition coefficient (Wildman–Crippen LogP) is 3.33. The third-order valence-corrected chi connectivity index (χ3v) is 3.14. The summed E-state index contributed by atoms with van der Waals surface area (Å²) in [5, 5.41) is 3.38. The maximum atomic E-state index is 13.8. The molecule has 1 rings (SSSR count). The van der Waals surface area contributed by atoms with Gasteiger partial charge in [-0.3, -0.25) is 0 Å². The lowest BCUT2D eigenvalue weighted by molar-refractivity contribution is 0.103. The van der Waals surface area contributed by atoms with Gasteiger partial charge in [-0.1, -0.05) is 32.0 Å². The molecule has 0 heterocycles. The van der Waals surface area contributed by atoms with E-state index in [1.807, 2.05) is 19.1 Å². The summed E-state index contributed by atoms with van der Waals surface area (Å²) in [6, 6.07) is 7.40. The van der Waals surface area contributed by atoms with E-state index < -0.39 is 0 Å². The number of ether oxygens (including phenoxy) is 1. The number of halogens is 1. The van der Waals surface area contributed by atoms with Gasteiger partial charge in [0.2, 0.25) is 0 Å². The summed E-state index contributed by atoms with van der Waals surface area (Å²) in [7, 11) is 1.69. The minimum absolute atomic E-state index is 0.128. The molecule has 0 fully saturated rings. The molecule has 18 heavy (non-hydrogen) atoms. The highest BCUT2D eigenvalue weighted by Crippen LogP contribution is 2.24. The molecule has 102 valence electrons. The molecule has 0 amide bonds. The lowest BCUT2D eigenvalue weighted by atomic mass is 9.92. The zero-order valence-electron chi connectivity index (χ0n) is 11.7. The monoisotopic (exact) mass is 253 g/mol. The molecule has 0 saturated carbocycles. The molecule has 2 nitrogen and oxygen atoms in total. The Labute approximate surface area is 110 Å².